The zero-order chi connectivity index (χ0) is 20.9. The number of halogens is 1. The zero-order valence-electron chi connectivity index (χ0n) is 17.7. The van der Waals surface area contributed by atoms with Crippen LogP contribution in [0.3, 0.4) is 0 Å². The molecular formula is C27H26BrNS. The monoisotopic (exact) mass is 475 g/mol. The molecule has 0 bridgehead atoms. The number of fused-ring (bicyclic) bond motifs is 4. The average molecular weight is 476 g/mol. The molecular weight excluding hydrogens is 450 g/mol. The van der Waals surface area contributed by atoms with Gasteiger partial charge in [0.2, 0.25) is 0 Å². The van der Waals surface area contributed by atoms with Crippen LogP contribution >= 0.6 is 27.7 Å². The van der Waals surface area contributed by atoms with Crippen LogP contribution in [0.25, 0.3) is 10.8 Å². The Morgan fingerprint density at radius 2 is 1.77 bits per heavy atom. The maximum absolute atomic E-state index is 5.35. The Kier molecular flexibility index (Phi) is 5.15. The van der Waals surface area contributed by atoms with Crippen LogP contribution in [0.15, 0.2) is 80.6 Å². The van der Waals surface area contributed by atoms with E-state index in [0.717, 1.165) is 23.1 Å². The van der Waals surface area contributed by atoms with Gasteiger partial charge in [0.05, 0.1) is 5.69 Å². The molecule has 3 aromatic rings. The van der Waals surface area contributed by atoms with E-state index >= 15 is 0 Å². The fourth-order valence-corrected chi connectivity index (χ4v) is 6.45. The Morgan fingerprint density at radius 3 is 2.53 bits per heavy atom. The molecule has 5 rings (SSSR count). The first-order valence-electron chi connectivity index (χ1n) is 10.7. The van der Waals surface area contributed by atoms with Gasteiger partial charge in [-0.15, -0.1) is 11.8 Å². The number of nitrogens with zero attached hydrogens (tertiary/aromatic N) is 1. The Bertz CT molecular complexity index is 1190. The minimum atomic E-state index is 0.242. The molecule has 152 valence electrons. The van der Waals surface area contributed by atoms with Crippen molar-refractivity contribution in [3.05, 3.63) is 86.7 Å². The molecule has 0 amide bonds. The second kappa shape index (κ2) is 7.69. The highest BCUT2D eigenvalue weighted by molar-refractivity contribution is 9.10. The van der Waals surface area contributed by atoms with E-state index in [0.29, 0.717) is 0 Å². The summed E-state index contributed by atoms with van der Waals surface area (Å²) in [6, 6.07) is 22.1. The lowest BCUT2D eigenvalue weighted by Gasteiger charge is -2.40. The van der Waals surface area contributed by atoms with Crippen LogP contribution in [0, 0.1) is 5.41 Å². The van der Waals surface area contributed by atoms with E-state index in [9.17, 15) is 0 Å². The molecule has 3 heteroatoms. The first-order valence-corrected chi connectivity index (χ1v) is 12.5. The summed E-state index contributed by atoms with van der Waals surface area (Å²) < 4.78 is 1.12. The fraction of sp³-hybridized carbons (Fsp3) is 0.296. The molecule has 1 heterocycles. The van der Waals surface area contributed by atoms with Crippen molar-refractivity contribution in [3.63, 3.8) is 0 Å². The summed E-state index contributed by atoms with van der Waals surface area (Å²) in [5, 5.41) is 2.53. The maximum Gasteiger partial charge on any atom is 0.0753 e. The van der Waals surface area contributed by atoms with Crippen molar-refractivity contribution in [2.45, 2.75) is 39.5 Å². The van der Waals surface area contributed by atoms with Gasteiger partial charge in [-0.05, 0) is 63.1 Å². The second-order valence-corrected chi connectivity index (χ2v) is 11.3. The first kappa shape index (κ1) is 20.1. The van der Waals surface area contributed by atoms with Crippen LogP contribution in [0.5, 0.6) is 0 Å². The van der Waals surface area contributed by atoms with Gasteiger partial charge < -0.3 is 0 Å². The van der Waals surface area contributed by atoms with Gasteiger partial charge in [0, 0.05) is 21.5 Å². The lowest BCUT2D eigenvalue weighted by Crippen LogP contribution is -2.30. The molecule has 1 atom stereocenters. The SMILES string of the molecule is CCSC1=C2C(=Nc3c(ccc4ccccc34)C2c2ccc(Br)cc2)CC(C)(C)C1. The van der Waals surface area contributed by atoms with Crippen molar-refractivity contribution in [1.82, 2.24) is 0 Å². The smallest absolute Gasteiger partial charge is 0.0753 e. The molecule has 1 nitrogen and oxygen atoms in total. The van der Waals surface area contributed by atoms with Gasteiger partial charge in [-0.3, -0.25) is 4.99 Å². The Hall–Kier alpha value is -1.84. The summed E-state index contributed by atoms with van der Waals surface area (Å²) in [5.41, 5.74) is 6.85. The molecule has 30 heavy (non-hydrogen) atoms. The number of aliphatic imine (C=N–C) groups is 1. The number of thioether (sulfide) groups is 1. The Balaban J connectivity index is 1.83. The quantitative estimate of drug-likeness (QED) is 0.368. The third-order valence-corrected chi connectivity index (χ3v) is 7.73. The predicted octanol–water partition coefficient (Wildman–Crippen LogP) is 8.65. The molecule has 0 saturated carbocycles. The number of rotatable bonds is 3. The maximum atomic E-state index is 5.35. The molecule has 0 fully saturated rings. The van der Waals surface area contributed by atoms with Crippen molar-refractivity contribution in [1.29, 1.82) is 0 Å². The molecule has 0 radical (unpaired) electrons. The molecule has 0 saturated heterocycles. The standard InChI is InChI=1S/C27H26BrNS/c1-4-30-23-16-27(2,3)15-22-25(23)24(18-9-12-19(28)13-10-18)21-14-11-17-7-5-6-8-20(17)26(21)29-22/h5-14,24H,4,15-16H2,1-3H3. The first-order chi connectivity index (χ1) is 14.5. The lowest BCUT2D eigenvalue weighted by atomic mass is 9.69. The van der Waals surface area contributed by atoms with Gasteiger partial charge in [-0.2, -0.15) is 0 Å². The summed E-state index contributed by atoms with van der Waals surface area (Å²) in [5.74, 6) is 1.34. The highest BCUT2D eigenvalue weighted by Gasteiger charge is 2.39. The van der Waals surface area contributed by atoms with Crippen molar-refractivity contribution < 1.29 is 0 Å². The summed E-state index contributed by atoms with van der Waals surface area (Å²) in [6.07, 6.45) is 2.17. The third kappa shape index (κ3) is 3.46. The zero-order valence-corrected chi connectivity index (χ0v) is 20.1. The highest BCUT2D eigenvalue weighted by Crippen LogP contribution is 2.53. The predicted molar refractivity (Wildman–Crippen MR) is 135 cm³/mol. The molecule has 0 N–H and O–H groups in total. The number of hydrogen-bond acceptors (Lipinski definition) is 2. The van der Waals surface area contributed by atoms with E-state index in [-0.39, 0.29) is 11.3 Å². The van der Waals surface area contributed by atoms with E-state index in [2.05, 4.69) is 97.4 Å². The number of allylic oxidation sites excluding steroid dienone is 2. The van der Waals surface area contributed by atoms with Gasteiger partial charge in [-0.1, -0.05) is 85.2 Å². The van der Waals surface area contributed by atoms with Gasteiger partial charge in [0.25, 0.3) is 0 Å². The van der Waals surface area contributed by atoms with Crippen molar-refractivity contribution in [2.75, 3.05) is 5.75 Å². The molecule has 2 aliphatic rings. The summed E-state index contributed by atoms with van der Waals surface area (Å²) in [4.78, 5) is 6.88. The topological polar surface area (TPSA) is 12.4 Å². The molecule has 0 spiro atoms. The van der Waals surface area contributed by atoms with Crippen molar-refractivity contribution in [2.24, 2.45) is 10.4 Å². The van der Waals surface area contributed by atoms with Crippen LogP contribution in [-0.2, 0) is 0 Å². The van der Waals surface area contributed by atoms with Crippen LogP contribution in [0.1, 0.15) is 50.7 Å². The summed E-state index contributed by atoms with van der Waals surface area (Å²) in [7, 11) is 0. The van der Waals surface area contributed by atoms with Crippen molar-refractivity contribution >= 4 is 49.9 Å². The van der Waals surface area contributed by atoms with E-state index in [4.69, 9.17) is 4.99 Å². The number of hydrogen-bond donors (Lipinski definition) is 0. The van der Waals surface area contributed by atoms with Crippen LogP contribution in [0.2, 0.25) is 0 Å². The third-order valence-electron chi connectivity index (χ3n) is 6.20. The van der Waals surface area contributed by atoms with Crippen LogP contribution < -0.4 is 0 Å². The largest absolute Gasteiger partial charge is 0.252 e. The van der Waals surface area contributed by atoms with E-state index in [1.807, 2.05) is 11.8 Å². The van der Waals surface area contributed by atoms with E-state index in [1.165, 1.54) is 43.8 Å². The lowest BCUT2D eigenvalue weighted by molar-refractivity contribution is 0.377. The van der Waals surface area contributed by atoms with Crippen molar-refractivity contribution in [3.8, 4) is 0 Å². The minimum absolute atomic E-state index is 0.242. The Labute approximate surface area is 191 Å². The molecule has 1 aliphatic heterocycles. The summed E-state index contributed by atoms with van der Waals surface area (Å²) >= 11 is 5.62. The average Bonchev–Trinajstić information content (AvgIpc) is 2.72. The van der Waals surface area contributed by atoms with Gasteiger partial charge >= 0.3 is 0 Å². The van der Waals surface area contributed by atoms with Crippen LogP contribution in [0.4, 0.5) is 5.69 Å². The Morgan fingerprint density at radius 1 is 1.00 bits per heavy atom. The van der Waals surface area contributed by atoms with E-state index < -0.39 is 0 Å². The molecule has 0 aromatic heterocycles. The number of benzene rings is 3. The van der Waals surface area contributed by atoms with Gasteiger partial charge in [0.1, 0.15) is 0 Å². The highest BCUT2D eigenvalue weighted by atomic mass is 79.9. The van der Waals surface area contributed by atoms with Gasteiger partial charge in [-0.25, -0.2) is 0 Å². The minimum Gasteiger partial charge on any atom is -0.252 e. The normalized spacial score (nSPS) is 20.0. The molecule has 1 unspecified atom stereocenters. The molecule has 1 aliphatic carbocycles. The second-order valence-electron chi connectivity index (χ2n) is 9.06. The summed E-state index contributed by atoms with van der Waals surface area (Å²) in [6.45, 7) is 7.03. The van der Waals surface area contributed by atoms with E-state index in [1.54, 1.807) is 0 Å². The van der Waals surface area contributed by atoms with Gasteiger partial charge in [0.15, 0.2) is 0 Å². The fourth-order valence-electron chi connectivity index (χ4n) is 4.95. The van der Waals surface area contributed by atoms with Crippen LogP contribution in [-0.4, -0.2) is 11.5 Å². The molecule has 3 aromatic carbocycles.